The normalized spacial score (nSPS) is 11.8. The molecule has 0 atom stereocenters. The standard InChI is InChI=1S/C37H49ClN6O2Si/c1-24(2)47(25(3)4,26(5)6)21-18-28-30-23-39-37(40-32-17-16-27(22-33(32)46-11)43(9)20-19-42(7)8)41-35(30)44(10)36(45)34(28)29-14-12-13-15-31(29)38/h12-17,22-26H,19-20H2,1-11H3,(H,39,40,41). The van der Waals surface area contributed by atoms with Gasteiger partial charge in [0, 0.05) is 61.3 Å². The van der Waals surface area contributed by atoms with E-state index in [9.17, 15) is 4.79 Å². The predicted molar refractivity (Wildman–Crippen MR) is 201 cm³/mol. The third-order valence-electron chi connectivity index (χ3n) is 9.29. The van der Waals surface area contributed by atoms with Gasteiger partial charge in [-0.15, -0.1) is 5.54 Å². The second kappa shape index (κ2) is 14.9. The molecule has 0 unspecified atom stereocenters. The lowest BCUT2D eigenvalue weighted by molar-refractivity contribution is 0.413. The van der Waals surface area contributed by atoms with E-state index < -0.39 is 8.07 Å². The average Bonchev–Trinajstić information content (AvgIpc) is 3.02. The van der Waals surface area contributed by atoms with Crippen LogP contribution in [0.2, 0.25) is 21.6 Å². The van der Waals surface area contributed by atoms with Gasteiger partial charge in [-0.3, -0.25) is 9.36 Å². The molecule has 47 heavy (non-hydrogen) atoms. The molecule has 250 valence electrons. The highest BCUT2D eigenvalue weighted by molar-refractivity contribution is 6.90. The van der Waals surface area contributed by atoms with Gasteiger partial charge in [0.1, 0.15) is 19.5 Å². The minimum Gasteiger partial charge on any atom is -0.494 e. The topological polar surface area (TPSA) is 75.5 Å². The van der Waals surface area contributed by atoms with Crippen molar-refractivity contribution in [3.05, 3.63) is 69.6 Å². The number of hydrogen-bond acceptors (Lipinski definition) is 7. The Bertz CT molecular complexity index is 1840. The molecular weight excluding hydrogens is 624 g/mol. The Balaban J connectivity index is 1.90. The summed E-state index contributed by atoms with van der Waals surface area (Å²) in [5.41, 5.74) is 8.86. The molecule has 0 aliphatic carbocycles. The summed E-state index contributed by atoms with van der Waals surface area (Å²) in [4.78, 5) is 28.1. The fraction of sp³-hybridized carbons (Fsp3) is 0.432. The Hall–Kier alpha value is -3.84. The fourth-order valence-corrected chi connectivity index (χ4v) is 12.1. The van der Waals surface area contributed by atoms with Crippen molar-refractivity contribution in [3.8, 4) is 28.3 Å². The largest absolute Gasteiger partial charge is 0.494 e. The third kappa shape index (κ3) is 7.35. The Labute approximate surface area is 286 Å². The van der Waals surface area contributed by atoms with Crippen molar-refractivity contribution in [3.63, 3.8) is 0 Å². The Morgan fingerprint density at radius 3 is 2.26 bits per heavy atom. The Morgan fingerprint density at radius 2 is 1.66 bits per heavy atom. The molecule has 10 heteroatoms. The van der Waals surface area contributed by atoms with Gasteiger partial charge in [0.25, 0.3) is 5.56 Å². The number of pyridine rings is 1. The van der Waals surface area contributed by atoms with E-state index in [4.69, 9.17) is 26.3 Å². The minimum absolute atomic E-state index is 0.215. The van der Waals surface area contributed by atoms with Crippen LogP contribution >= 0.6 is 11.6 Å². The first-order valence-electron chi connectivity index (χ1n) is 16.2. The van der Waals surface area contributed by atoms with Crippen molar-refractivity contribution in [2.24, 2.45) is 7.05 Å². The molecule has 2 heterocycles. The molecule has 0 aliphatic rings. The number of fused-ring (bicyclic) bond motifs is 1. The molecule has 0 amide bonds. The maximum atomic E-state index is 14.2. The van der Waals surface area contributed by atoms with Crippen LogP contribution in [0, 0.1) is 11.5 Å². The van der Waals surface area contributed by atoms with Crippen LogP contribution in [0.4, 0.5) is 17.3 Å². The molecule has 0 fully saturated rings. The molecule has 4 rings (SSSR count). The molecule has 2 aromatic heterocycles. The molecule has 0 aliphatic heterocycles. The quantitative estimate of drug-likeness (QED) is 0.128. The Kier molecular flexibility index (Phi) is 11.4. The number of hydrogen-bond donors (Lipinski definition) is 1. The van der Waals surface area contributed by atoms with Gasteiger partial charge in [-0.25, -0.2) is 4.98 Å². The second-order valence-corrected chi connectivity index (χ2v) is 19.4. The highest BCUT2D eigenvalue weighted by Crippen LogP contribution is 2.41. The zero-order valence-corrected chi connectivity index (χ0v) is 31.5. The summed E-state index contributed by atoms with van der Waals surface area (Å²) in [5.74, 6) is 4.58. The summed E-state index contributed by atoms with van der Waals surface area (Å²) in [6.45, 7) is 15.5. The fourth-order valence-electron chi connectivity index (χ4n) is 6.64. The van der Waals surface area contributed by atoms with Crippen LogP contribution in [-0.4, -0.2) is 68.9 Å². The summed E-state index contributed by atoms with van der Waals surface area (Å²) in [6, 6.07) is 13.4. The number of nitrogens with one attached hydrogen (secondary N) is 1. The maximum Gasteiger partial charge on any atom is 0.261 e. The summed E-state index contributed by atoms with van der Waals surface area (Å²) in [5, 5.41) is 4.51. The number of halogens is 1. The first-order valence-corrected chi connectivity index (χ1v) is 18.8. The van der Waals surface area contributed by atoms with Crippen LogP contribution in [0.25, 0.3) is 22.2 Å². The number of anilines is 3. The van der Waals surface area contributed by atoms with Crippen LogP contribution in [0.5, 0.6) is 5.75 Å². The number of aryl methyl sites for hydroxylation is 1. The molecule has 2 aromatic carbocycles. The first kappa shape index (κ1) is 36.0. The molecule has 0 radical (unpaired) electrons. The van der Waals surface area contributed by atoms with E-state index in [0.29, 0.717) is 61.1 Å². The summed E-state index contributed by atoms with van der Waals surface area (Å²) >= 11 is 6.71. The number of methoxy groups -OCH3 is 1. The van der Waals surface area contributed by atoms with Gasteiger partial charge in [-0.2, -0.15) is 4.98 Å². The molecule has 0 spiro atoms. The van der Waals surface area contributed by atoms with E-state index in [-0.39, 0.29) is 5.56 Å². The lowest BCUT2D eigenvalue weighted by atomic mass is 9.99. The van der Waals surface area contributed by atoms with E-state index in [2.05, 4.69) is 89.3 Å². The Morgan fingerprint density at radius 1 is 1.00 bits per heavy atom. The van der Waals surface area contributed by atoms with Crippen molar-refractivity contribution >= 4 is 48.0 Å². The van der Waals surface area contributed by atoms with Gasteiger partial charge in [-0.1, -0.05) is 77.3 Å². The first-order chi connectivity index (χ1) is 22.2. The zero-order chi connectivity index (χ0) is 34.6. The number of likely N-dealkylation sites (N-methyl/N-ethyl adjacent to an activating group) is 2. The predicted octanol–water partition coefficient (Wildman–Crippen LogP) is 7.97. The van der Waals surface area contributed by atoms with Gasteiger partial charge in [0.2, 0.25) is 5.95 Å². The molecule has 1 N–H and O–H groups in total. The van der Waals surface area contributed by atoms with Crippen LogP contribution in [0.3, 0.4) is 0 Å². The van der Waals surface area contributed by atoms with Crippen LogP contribution in [-0.2, 0) is 7.05 Å². The van der Waals surface area contributed by atoms with Crippen molar-refractivity contribution in [2.45, 2.75) is 58.2 Å². The van der Waals surface area contributed by atoms with Crippen molar-refractivity contribution in [2.75, 3.05) is 51.6 Å². The van der Waals surface area contributed by atoms with Gasteiger partial charge in [0.15, 0.2) is 0 Å². The van der Waals surface area contributed by atoms with E-state index in [1.807, 2.05) is 36.4 Å². The molecular formula is C37H49ClN6O2Si. The van der Waals surface area contributed by atoms with Crippen LogP contribution in [0.1, 0.15) is 47.1 Å². The van der Waals surface area contributed by atoms with E-state index in [0.717, 1.165) is 24.5 Å². The molecule has 4 aromatic rings. The maximum absolute atomic E-state index is 14.2. The highest BCUT2D eigenvalue weighted by atomic mass is 35.5. The second-order valence-electron chi connectivity index (χ2n) is 13.4. The smallest absolute Gasteiger partial charge is 0.261 e. The van der Waals surface area contributed by atoms with Gasteiger partial charge in [-0.05, 0) is 48.9 Å². The van der Waals surface area contributed by atoms with Crippen LogP contribution < -0.4 is 20.5 Å². The van der Waals surface area contributed by atoms with E-state index >= 15 is 0 Å². The lowest BCUT2D eigenvalue weighted by Crippen LogP contribution is -2.43. The summed E-state index contributed by atoms with van der Waals surface area (Å²) in [6.07, 6.45) is 1.76. The highest BCUT2D eigenvalue weighted by Gasteiger charge is 2.41. The molecule has 0 saturated carbocycles. The van der Waals surface area contributed by atoms with Crippen LogP contribution in [0.15, 0.2) is 53.5 Å². The number of rotatable bonds is 11. The summed E-state index contributed by atoms with van der Waals surface area (Å²) in [7, 11) is 7.42. The van der Waals surface area contributed by atoms with E-state index in [1.165, 1.54) is 0 Å². The van der Waals surface area contributed by atoms with Gasteiger partial charge < -0.3 is 19.9 Å². The van der Waals surface area contributed by atoms with Crippen molar-refractivity contribution in [1.29, 1.82) is 0 Å². The number of ether oxygens (including phenoxy) is 1. The monoisotopic (exact) mass is 672 g/mol. The average molecular weight is 673 g/mol. The zero-order valence-electron chi connectivity index (χ0n) is 29.7. The van der Waals surface area contributed by atoms with E-state index in [1.54, 1.807) is 31.0 Å². The number of benzene rings is 2. The lowest BCUT2D eigenvalue weighted by Gasteiger charge is -2.38. The number of nitrogens with zero attached hydrogens (tertiary/aromatic N) is 5. The van der Waals surface area contributed by atoms with Gasteiger partial charge >= 0.3 is 0 Å². The molecule has 0 bridgehead atoms. The number of aromatic nitrogens is 3. The SMILES string of the molecule is COc1cc(N(C)CCN(C)C)ccc1Nc1ncc2c(C#C[Si](C(C)C)(C(C)C)C(C)C)c(-c3ccccc3Cl)c(=O)n(C)c2n1. The summed E-state index contributed by atoms with van der Waals surface area (Å²) < 4.78 is 7.30. The van der Waals surface area contributed by atoms with Crippen molar-refractivity contribution in [1.82, 2.24) is 19.4 Å². The van der Waals surface area contributed by atoms with Gasteiger partial charge in [0.05, 0.1) is 23.7 Å². The molecule has 8 nitrogen and oxygen atoms in total. The third-order valence-corrected chi connectivity index (χ3v) is 15.9. The molecule has 0 saturated heterocycles. The minimum atomic E-state index is -2.14. The van der Waals surface area contributed by atoms with Crippen molar-refractivity contribution < 1.29 is 4.74 Å².